The first-order chi connectivity index (χ1) is 6.58. The number of nitrogens with two attached hydrogens (primary N) is 1. The van der Waals surface area contributed by atoms with E-state index in [1.165, 1.54) is 0 Å². The highest BCUT2D eigenvalue weighted by molar-refractivity contribution is 4.86. The Morgan fingerprint density at radius 3 is 2.43 bits per heavy atom. The van der Waals surface area contributed by atoms with Crippen LogP contribution in [0.25, 0.3) is 0 Å². The number of ether oxygens (including phenoxy) is 1. The Morgan fingerprint density at radius 2 is 2.00 bits per heavy atom. The lowest BCUT2D eigenvalue weighted by atomic mass is 9.79. The molecule has 1 fully saturated rings. The van der Waals surface area contributed by atoms with E-state index in [4.69, 9.17) is 10.5 Å². The summed E-state index contributed by atoms with van der Waals surface area (Å²) in [6, 6.07) is 0. The van der Waals surface area contributed by atoms with Crippen LogP contribution < -0.4 is 5.73 Å². The quantitative estimate of drug-likeness (QED) is 0.717. The van der Waals surface area contributed by atoms with Gasteiger partial charge in [-0.1, -0.05) is 13.8 Å². The predicted molar refractivity (Wildman–Crippen MR) is 57.0 cm³/mol. The molecule has 1 aliphatic heterocycles. The molecular weight excluding hydrogens is 178 g/mol. The van der Waals surface area contributed by atoms with Crippen molar-refractivity contribution in [3.8, 4) is 0 Å². The van der Waals surface area contributed by atoms with Crippen molar-refractivity contribution < 1.29 is 9.84 Å². The van der Waals surface area contributed by atoms with Crippen molar-refractivity contribution in [2.75, 3.05) is 19.8 Å². The van der Waals surface area contributed by atoms with E-state index in [0.29, 0.717) is 12.5 Å². The molecule has 3 heteroatoms. The van der Waals surface area contributed by atoms with Crippen LogP contribution in [-0.4, -0.2) is 30.5 Å². The average Bonchev–Trinajstić information content (AvgIpc) is 2.19. The van der Waals surface area contributed by atoms with Gasteiger partial charge in [-0.25, -0.2) is 0 Å². The zero-order chi connectivity index (χ0) is 10.6. The summed E-state index contributed by atoms with van der Waals surface area (Å²) in [7, 11) is 0. The lowest BCUT2D eigenvalue weighted by Gasteiger charge is -2.35. The third kappa shape index (κ3) is 2.94. The average molecular weight is 201 g/mol. The van der Waals surface area contributed by atoms with Gasteiger partial charge in [0.1, 0.15) is 0 Å². The third-order valence-corrected chi connectivity index (χ3v) is 3.41. The molecule has 0 amide bonds. The monoisotopic (exact) mass is 201 g/mol. The van der Waals surface area contributed by atoms with Crippen molar-refractivity contribution in [2.24, 2.45) is 17.6 Å². The van der Waals surface area contributed by atoms with Crippen LogP contribution in [0.3, 0.4) is 0 Å². The first kappa shape index (κ1) is 12.0. The first-order valence-electron chi connectivity index (χ1n) is 5.58. The standard InChI is InChI=1S/C11H23NO2/c1-9(2)11(13,8-12)7-10-3-5-14-6-4-10/h9-10,13H,3-8,12H2,1-2H3. The second-order valence-corrected chi connectivity index (χ2v) is 4.72. The van der Waals surface area contributed by atoms with Crippen LogP contribution in [-0.2, 0) is 4.74 Å². The maximum Gasteiger partial charge on any atom is 0.0794 e. The van der Waals surface area contributed by atoms with E-state index in [-0.39, 0.29) is 5.92 Å². The molecule has 0 bridgehead atoms. The Labute approximate surface area is 86.6 Å². The van der Waals surface area contributed by atoms with E-state index in [0.717, 1.165) is 32.5 Å². The molecule has 0 radical (unpaired) electrons. The van der Waals surface area contributed by atoms with Crippen molar-refractivity contribution >= 4 is 0 Å². The minimum Gasteiger partial charge on any atom is -0.388 e. The summed E-state index contributed by atoms with van der Waals surface area (Å²) in [6.07, 6.45) is 2.95. The number of rotatable bonds is 4. The zero-order valence-corrected chi connectivity index (χ0v) is 9.33. The van der Waals surface area contributed by atoms with Crippen LogP contribution in [0, 0.1) is 11.8 Å². The summed E-state index contributed by atoms with van der Waals surface area (Å²) in [5.41, 5.74) is 4.97. The number of aliphatic hydroxyl groups is 1. The third-order valence-electron chi connectivity index (χ3n) is 3.41. The molecule has 0 aromatic rings. The zero-order valence-electron chi connectivity index (χ0n) is 9.33. The molecule has 0 spiro atoms. The van der Waals surface area contributed by atoms with Gasteiger partial charge in [-0.3, -0.25) is 0 Å². The minimum absolute atomic E-state index is 0.232. The molecule has 1 heterocycles. The van der Waals surface area contributed by atoms with Gasteiger partial charge in [0, 0.05) is 19.8 Å². The minimum atomic E-state index is -0.679. The van der Waals surface area contributed by atoms with Crippen LogP contribution in [0.1, 0.15) is 33.1 Å². The van der Waals surface area contributed by atoms with E-state index in [1.807, 2.05) is 13.8 Å². The van der Waals surface area contributed by atoms with Gasteiger partial charge in [0.25, 0.3) is 0 Å². The van der Waals surface area contributed by atoms with Gasteiger partial charge in [0.05, 0.1) is 5.60 Å². The molecule has 84 valence electrons. The van der Waals surface area contributed by atoms with Gasteiger partial charge in [0.15, 0.2) is 0 Å². The van der Waals surface area contributed by atoms with E-state index >= 15 is 0 Å². The molecule has 0 aliphatic carbocycles. The molecule has 1 rings (SSSR count). The SMILES string of the molecule is CC(C)C(O)(CN)CC1CCOCC1. The number of hydrogen-bond acceptors (Lipinski definition) is 3. The maximum atomic E-state index is 10.3. The van der Waals surface area contributed by atoms with Crippen molar-refractivity contribution in [3.63, 3.8) is 0 Å². The Kier molecular flexibility index (Phi) is 4.35. The normalized spacial score (nSPS) is 23.8. The van der Waals surface area contributed by atoms with Crippen molar-refractivity contribution in [1.82, 2.24) is 0 Å². The fourth-order valence-electron chi connectivity index (χ4n) is 2.01. The summed E-state index contributed by atoms with van der Waals surface area (Å²) < 4.78 is 5.30. The second kappa shape index (κ2) is 5.10. The topological polar surface area (TPSA) is 55.5 Å². The predicted octanol–water partition coefficient (Wildman–Crippen LogP) is 1.15. The summed E-state index contributed by atoms with van der Waals surface area (Å²) in [5, 5.41) is 10.3. The van der Waals surface area contributed by atoms with Gasteiger partial charge >= 0.3 is 0 Å². The fourth-order valence-corrected chi connectivity index (χ4v) is 2.01. The maximum absolute atomic E-state index is 10.3. The van der Waals surface area contributed by atoms with Crippen molar-refractivity contribution in [1.29, 1.82) is 0 Å². The van der Waals surface area contributed by atoms with Crippen LogP contribution >= 0.6 is 0 Å². The highest BCUT2D eigenvalue weighted by Gasteiger charge is 2.32. The molecule has 3 nitrogen and oxygen atoms in total. The van der Waals surface area contributed by atoms with Crippen LogP contribution in [0.15, 0.2) is 0 Å². The van der Waals surface area contributed by atoms with Crippen LogP contribution in [0.2, 0.25) is 0 Å². The van der Waals surface area contributed by atoms with Gasteiger partial charge in [0.2, 0.25) is 0 Å². The largest absolute Gasteiger partial charge is 0.388 e. The summed E-state index contributed by atoms with van der Waals surface area (Å²) in [6.45, 7) is 6.10. The number of hydrogen-bond donors (Lipinski definition) is 2. The van der Waals surface area contributed by atoms with Gasteiger partial charge < -0.3 is 15.6 Å². The summed E-state index contributed by atoms with van der Waals surface area (Å²) in [4.78, 5) is 0. The highest BCUT2D eigenvalue weighted by atomic mass is 16.5. The lowest BCUT2D eigenvalue weighted by Crippen LogP contribution is -2.45. The van der Waals surface area contributed by atoms with Gasteiger partial charge in [-0.05, 0) is 31.1 Å². The molecule has 1 saturated heterocycles. The molecule has 1 aliphatic rings. The van der Waals surface area contributed by atoms with Crippen molar-refractivity contribution in [2.45, 2.75) is 38.7 Å². The van der Waals surface area contributed by atoms with Crippen LogP contribution in [0.4, 0.5) is 0 Å². The van der Waals surface area contributed by atoms with Crippen molar-refractivity contribution in [3.05, 3.63) is 0 Å². The Balaban J connectivity index is 2.46. The van der Waals surface area contributed by atoms with E-state index < -0.39 is 5.60 Å². The Morgan fingerprint density at radius 1 is 1.43 bits per heavy atom. The van der Waals surface area contributed by atoms with Gasteiger partial charge in [-0.15, -0.1) is 0 Å². The van der Waals surface area contributed by atoms with E-state index in [1.54, 1.807) is 0 Å². The highest BCUT2D eigenvalue weighted by Crippen LogP contribution is 2.29. The molecular formula is C11H23NO2. The molecule has 14 heavy (non-hydrogen) atoms. The smallest absolute Gasteiger partial charge is 0.0794 e. The van der Waals surface area contributed by atoms with E-state index in [2.05, 4.69) is 0 Å². The summed E-state index contributed by atoms with van der Waals surface area (Å²) >= 11 is 0. The Bertz CT molecular complexity index is 167. The lowest BCUT2D eigenvalue weighted by molar-refractivity contribution is -0.0366. The van der Waals surface area contributed by atoms with Gasteiger partial charge in [-0.2, -0.15) is 0 Å². The first-order valence-corrected chi connectivity index (χ1v) is 5.58. The van der Waals surface area contributed by atoms with Crippen LogP contribution in [0.5, 0.6) is 0 Å². The summed E-state index contributed by atoms with van der Waals surface area (Å²) in [5.74, 6) is 0.815. The molecule has 0 saturated carbocycles. The molecule has 0 aromatic carbocycles. The van der Waals surface area contributed by atoms with E-state index in [9.17, 15) is 5.11 Å². The molecule has 1 unspecified atom stereocenters. The molecule has 1 atom stereocenters. The fraction of sp³-hybridized carbons (Fsp3) is 1.00. The Hall–Kier alpha value is -0.120. The molecule has 0 aromatic heterocycles. The second-order valence-electron chi connectivity index (χ2n) is 4.72. The molecule has 3 N–H and O–H groups in total.